The third-order valence-corrected chi connectivity index (χ3v) is 7.11. The molecule has 0 saturated carbocycles. The third-order valence-electron chi connectivity index (χ3n) is 6.04. The smallest absolute Gasteiger partial charge is 0.291 e. The van der Waals surface area contributed by atoms with E-state index in [-0.39, 0.29) is 5.56 Å². The van der Waals surface area contributed by atoms with Crippen molar-refractivity contribution < 1.29 is 0 Å². The van der Waals surface area contributed by atoms with Crippen molar-refractivity contribution in [3.63, 3.8) is 0 Å². The van der Waals surface area contributed by atoms with Crippen LogP contribution in [-0.4, -0.2) is 36.6 Å². The summed E-state index contributed by atoms with van der Waals surface area (Å²) in [4.78, 5) is 18.2. The highest BCUT2D eigenvalue weighted by Crippen LogP contribution is 2.32. The number of anilines is 1. The van der Waals surface area contributed by atoms with Crippen molar-refractivity contribution in [2.75, 3.05) is 12.4 Å². The van der Waals surface area contributed by atoms with E-state index in [2.05, 4.69) is 32.7 Å². The van der Waals surface area contributed by atoms with Gasteiger partial charge in [-0.15, -0.1) is 11.3 Å². The van der Waals surface area contributed by atoms with Crippen LogP contribution in [0.1, 0.15) is 16.1 Å². The fourth-order valence-corrected chi connectivity index (χ4v) is 5.50. The number of aromatic amines is 1. The molecule has 4 aromatic heterocycles. The van der Waals surface area contributed by atoms with Crippen molar-refractivity contribution in [1.82, 2.24) is 29.5 Å². The summed E-state index contributed by atoms with van der Waals surface area (Å²) >= 11 is 1.62. The second-order valence-corrected chi connectivity index (χ2v) is 9.15. The second kappa shape index (κ2) is 7.56. The molecule has 0 saturated heterocycles. The average Bonchev–Trinajstić information content (AvgIpc) is 3.53. The van der Waals surface area contributed by atoms with Gasteiger partial charge in [-0.2, -0.15) is 10.2 Å². The quantitative estimate of drug-likeness (QED) is 0.411. The van der Waals surface area contributed by atoms with E-state index in [0.717, 1.165) is 49.3 Å². The van der Waals surface area contributed by atoms with Crippen LogP contribution in [0.4, 0.5) is 5.69 Å². The fourth-order valence-electron chi connectivity index (χ4n) is 4.36. The molecular formula is C24H21N7OS. The minimum Gasteiger partial charge on any atom is -0.388 e. The predicted octanol–water partition coefficient (Wildman–Crippen LogP) is 3.90. The molecule has 0 bridgehead atoms. The first kappa shape index (κ1) is 19.7. The van der Waals surface area contributed by atoms with Gasteiger partial charge in [-0.3, -0.25) is 9.89 Å². The van der Waals surface area contributed by atoms with Crippen molar-refractivity contribution in [2.24, 2.45) is 7.05 Å². The minimum atomic E-state index is -0.121. The molecule has 0 aliphatic rings. The number of nitrogens with one attached hydrogen (secondary N) is 2. The van der Waals surface area contributed by atoms with E-state index < -0.39 is 0 Å². The van der Waals surface area contributed by atoms with E-state index in [1.807, 2.05) is 49.0 Å². The van der Waals surface area contributed by atoms with Crippen molar-refractivity contribution in [3.05, 3.63) is 81.3 Å². The number of H-pyrrole nitrogens is 1. The maximum Gasteiger partial charge on any atom is 0.291 e. The number of aromatic nitrogens is 6. The largest absolute Gasteiger partial charge is 0.388 e. The number of aryl methyl sites for hydroxylation is 1. The first-order valence-electron chi connectivity index (χ1n) is 10.6. The molecule has 4 heterocycles. The maximum atomic E-state index is 13.4. The van der Waals surface area contributed by atoms with Crippen molar-refractivity contribution in [1.29, 1.82) is 0 Å². The van der Waals surface area contributed by atoms with Crippen LogP contribution in [-0.2, 0) is 20.0 Å². The molecule has 9 heteroatoms. The molecule has 2 N–H and O–H groups in total. The zero-order valence-electron chi connectivity index (χ0n) is 18.2. The Bertz CT molecular complexity index is 1710. The van der Waals surface area contributed by atoms with Gasteiger partial charge < -0.3 is 9.88 Å². The van der Waals surface area contributed by atoms with Gasteiger partial charge in [0.1, 0.15) is 10.5 Å². The van der Waals surface area contributed by atoms with Gasteiger partial charge >= 0.3 is 0 Å². The summed E-state index contributed by atoms with van der Waals surface area (Å²) < 4.78 is 4.41. The molecule has 6 aromatic rings. The zero-order valence-corrected chi connectivity index (χ0v) is 19.0. The predicted molar refractivity (Wildman–Crippen MR) is 132 cm³/mol. The molecule has 0 aliphatic carbocycles. The first-order valence-corrected chi connectivity index (χ1v) is 11.5. The minimum absolute atomic E-state index is 0.121. The van der Waals surface area contributed by atoms with Crippen LogP contribution < -0.4 is 10.9 Å². The summed E-state index contributed by atoms with van der Waals surface area (Å²) in [6, 6.07) is 14.2. The summed E-state index contributed by atoms with van der Waals surface area (Å²) in [7, 11) is 3.82. The molecular weight excluding hydrogens is 434 g/mol. The Morgan fingerprint density at radius 1 is 1.12 bits per heavy atom. The SMILES string of the molecule is CNc1cccc(Cc2nc3c(s2)c2cnn(Cc4cccc5[nH]ncc45)c(=O)c2n3C)c1. The lowest BCUT2D eigenvalue weighted by Crippen LogP contribution is -2.24. The topological polar surface area (TPSA) is 93.4 Å². The van der Waals surface area contributed by atoms with Crippen LogP contribution in [0.25, 0.3) is 32.2 Å². The molecule has 0 radical (unpaired) electrons. The van der Waals surface area contributed by atoms with Gasteiger partial charge in [-0.1, -0.05) is 24.3 Å². The van der Waals surface area contributed by atoms with Crippen molar-refractivity contribution >= 4 is 49.2 Å². The molecule has 0 aliphatic heterocycles. The summed E-state index contributed by atoms with van der Waals surface area (Å²) in [6.07, 6.45) is 4.32. The average molecular weight is 456 g/mol. The van der Waals surface area contributed by atoms with Gasteiger partial charge in [0.05, 0.1) is 29.2 Å². The highest BCUT2D eigenvalue weighted by Gasteiger charge is 2.19. The molecule has 164 valence electrons. The van der Waals surface area contributed by atoms with E-state index >= 15 is 0 Å². The van der Waals surface area contributed by atoms with Gasteiger partial charge in [0.15, 0.2) is 5.65 Å². The van der Waals surface area contributed by atoms with E-state index in [1.165, 1.54) is 10.2 Å². The van der Waals surface area contributed by atoms with E-state index in [0.29, 0.717) is 12.1 Å². The van der Waals surface area contributed by atoms with E-state index in [4.69, 9.17) is 4.98 Å². The standard InChI is InChI=1S/C24H21N7OS/c1-25-16-7-3-5-14(9-16)10-20-28-23-22(33-20)18-12-27-31(24(32)21(18)30(23)2)13-15-6-4-8-19-17(15)11-26-29-19/h3-9,11-12,25H,10,13H2,1-2H3,(H,26,29). The summed E-state index contributed by atoms with van der Waals surface area (Å²) in [5.41, 5.74) is 5.54. The number of fused-ring (bicyclic) bond motifs is 4. The lowest BCUT2D eigenvalue weighted by Gasteiger charge is -2.07. The number of benzene rings is 2. The molecule has 6 rings (SSSR count). The second-order valence-electron chi connectivity index (χ2n) is 8.06. The Kier molecular flexibility index (Phi) is 4.51. The fraction of sp³-hybridized carbons (Fsp3) is 0.167. The highest BCUT2D eigenvalue weighted by molar-refractivity contribution is 7.19. The summed E-state index contributed by atoms with van der Waals surface area (Å²) in [6.45, 7) is 0.380. The first-order chi connectivity index (χ1) is 16.1. The number of rotatable bonds is 5. The Morgan fingerprint density at radius 3 is 2.88 bits per heavy atom. The Morgan fingerprint density at radius 2 is 2.00 bits per heavy atom. The molecule has 0 spiro atoms. The lowest BCUT2D eigenvalue weighted by atomic mass is 10.1. The highest BCUT2D eigenvalue weighted by atomic mass is 32.1. The lowest BCUT2D eigenvalue weighted by molar-refractivity contribution is 0.647. The van der Waals surface area contributed by atoms with Gasteiger partial charge in [0, 0.05) is 37.0 Å². The van der Waals surface area contributed by atoms with Gasteiger partial charge in [0.25, 0.3) is 5.56 Å². The Balaban J connectivity index is 1.40. The van der Waals surface area contributed by atoms with Crippen molar-refractivity contribution in [2.45, 2.75) is 13.0 Å². The monoisotopic (exact) mass is 455 g/mol. The summed E-state index contributed by atoms with van der Waals surface area (Å²) in [5, 5.41) is 17.6. The van der Waals surface area contributed by atoms with Gasteiger partial charge in [0.2, 0.25) is 0 Å². The van der Waals surface area contributed by atoms with Crippen LogP contribution in [0, 0.1) is 0 Å². The third kappa shape index (κ3) is 3.20. The number of hydrogen-bond acceptors (Lipinski definition) is 6. The van der Waals surface area contributed by atoms with Crippen LogP contribution >= 0.6 is 11.3 Å². The molecule has 2 aromatic carbocycles. The van der Waals surface area contributed by atoms with Crippen LogP contribution in [0.15, 0.2) is 59.7 Å². The Hall–Kier alpha value is -3.98. The van der Waals surface area contributed by atoms with Crippen LogP contribution in [0.5, 0.6) is 0 Å². The van der Waals surface area contributed by atoms with Crippen molar-refractivity contribution in [3.8, 4) is 0 Å². The molecule has 33 heavy (non-hydrogen) atoms. The van der Waals surface area contributed by atoms with Crippen LogP contribution in [0.3, 0.4) is 0 Å². The molecule has 0 atom stereocenters. The number of hydrogen-bond donors (Lipinski definition) is 2. The number of nitrogens with zero attached hydrogens (tertiary/aromatic N) is 5. The van der Waals surface area contributed by atoms with E-state index in [1.54, 1.807) is 23.7 Å². The molecule has 0 amide bonds. The number of thiazole rings is 1. The van der Waals surface area contributed by atoms with Gasteiger partial charge in [-0.25, -0.2) is 9.67 Å². The summed E-state index contributed by atoms with van der Waals surface area (Å²) in [5.74, 6) is 0. The van der Waals surface area contributed by atoms with Gasteiger partial charge in [-0.05, 0) is 29.3 Å². The van der Waals surface area contributed by atoms with E-state index in [9.17, 15) is 4.79 Å². The Labute approximate surface area is 192 Å². The normalized spacial score (nSPS) is 11.7. The zero-order chi connectivity index (χ0) is 22.5. The maximum absolute atomic E-state index is 13.4. The molecule has 0 fully saturated rings. The molecule has 0 unspecified atom stereocenters. The molecule has 8 nitrogen and oxygen atoms in total. The van der Waals surface area contributed by atoms with Crippen LogP contribution in [0.2, 0.25) is 0 Å².